The lowest BCUT2D eigenvalue weighted by Gasteiger charge is -2.24. The zero-order valence-electron chi connectivity index (χ0n) is 10.4. The summed E-state index contributed by atoms with van der Waals surface area (Å²) >= 11 is 0. The molecule has 0 aromatic carbocycles. The zero-order chi connectivity index (χ0) is 11.1. The molecule has 1 heterocycles. The largest absolute Gasteiger partial charge is 0.313 e. The lowest BCUT2D eigenvalue weighted by molar-refractivity contribution is 0.267. The molecule has 2 heteroatoms. The predicted molar refractivity (Wildman–Crippen MR) is 67.2 cm³/mol. The highest BCUT2D eigenvalue weighted by molar-refractivity contribution is 5.01. The van der Waals surface area contributed by atoms with E-state index in [4.69, 9.17) is 0 Å². The minimum absolute atomic E-state index is 0.813. The van der Waals surface area contributed by atoms with Gasteiger partial charge < -0.3 is 5.32 Å². The van der Waals surface area contributed by atoms with Crippen LogP contribution in [0.2, 0.25) is 0 Å². The van der Waals surface area contributed by atoms with E-state index >= 15 is 0 Å². The van der Waals surface area contributed by atoms with Crippen LogP contribution in [0.5, 0.6) is 0 Å². The molecule has 1 fully saturated rings. The van der Waals surface area contributed by atoms with Gasteiger partial charge in [0.2, 0.25) is 0 Å². The summed E-state index contributed by atoms with van der Waals surface area (Å²) in [6.07, 6.45) is 5.24. The van der Waals surface area contributed by atoms with Crippen molar-refractivity contribution in [2.75, 3.05) is 26.2 Å². The molecule has 0 saturated carbocycles. The van der Waals surface area contributed by atoms with Crippen LogP contribution in [0.3, 0.4) is 0 Å². The van der Waals surface area contributed by atoms with E-state index in [-0.39, 0.29) is 0 Å². The van der Waals surface area contributed by atoms with Crippen molar-refractivity contribution in [2.45, 2.75) is 45.6 Å². The van der Waals surface area contributed by atoms with Crippen molar-refractivity contribution in [3.8, 4) is 0 Å². The molecule has 1 saturated heterocycles. The molecule has 0 amide bonds. The number of likely N-dealkylation sites (tertiary alicyclic amines) is 1. The van der Waals surface area contributed by atoms with Crippen molar-refractivity contribution in [3.63, 3.8) is 0 Å². The van der Waals surface area contributed by atoms with E-state index in [0.29, 0.717) is 0 Å². The van der Waals surface area contributed by atoms with Gasteiger partial charge in [-0.3, -0.25) is 4.90 Å². The molecule has 15 heavy (non-hydrogen) atoms. The van der Waals surface area contributed by atoms with Crippen LogP contribution in [0.25, 0.3) is 0 Å². The highest BCUT2D eigenvalue weighted by Gasteiger charge is 2.22. The van der Waals surface area contributed by atoms with E-state index in [1.54, 1.807) is 0 Å². The lowest BCUT2D eigenvalue weighted by atomic mass is 10.1. The molecular weight excluding hydrogens is 184 g/mol. The third-order valence-electron chi connectivity index (χ3n) is 3.20. The van der Waals surface area contributed by atoms with Gasteiger partial charge in [0, 0.05) is 19.1 Å². The summed E-state index contributed by atoms with van der Waals surface area (Å²) in [5.74, 6) is 0. The quantitative estimate of drug-likeness (QED) is 0.513. The summed E-state index contributed by atoms with van der Waals surface area (Å²) in [4.78, 5) is 2.59. The first-order valence-corrected chi connectivity index (χ1v) is 6.39. The van der Waals surface area contributed by atoms with Gasteiger partial charge in [-0.1, -0.05) is 20.4 Å². The van der Waals surface area contributed by atoms with Gasteiger partial charge in [0.15, 0.2) is 0 Å². The maximum absolute atomic E-state index is 4.15. The molecule has 1 aliphatic heterocycles. The number of hydrogen-bond acceptors (Lipinski definition) is 2. The van der Waals surface area contributed by atoms with E-state index in [1.807, 2.05) is 0 Å². The van der Waals surface area contributed by atoms with Crippen molar-refractivity contribution in [2.24, 2.45) is 0 Å². The molecule has 2 nitrogen and oxygen atoms in total. The molecule has 88 valence electrons. The maximum atomic E-state index is 4.15. The standard InChI is InChI=1S/C13H26N2/c1-4-8-14-10-12(3)11-15-9-6-7-13(15)5-2/h13-14H,3-11H2,1-2H3. The van der Waals surface area contributed by atoms with Gasteiger partial charge in [-0.05, 0) is 44.3 Å². The van der Waals surface area contributed by atoms with Crippen LogP contribution in [-0.2, 0) is 0 Å². The van der Waals surface area contributed by atoms with E-state index in [1.165, 1.54) is 37.8 Å². The minimum atomic E-state index is 0.813. The van der Waals surface area contributed by atoms with Crippen LogP contribution in [-0.4, -0.2) is 37.1 Å². The van der Waals surface area contributed by atoms with E-state index in [9.17, 15) is 0 Å². The van der Waals surface area contributed by atoms with Crippen LogP contribution < -0.4 is 5.32 Å². The minimum Gasteiger partial charge on any atom is -0.313 e. The molecule has 1 N–H and O–H groups in total. The van der Waals surface area contributed by atoms with Gasteiger partial charge in [0.05, 0.1) is 0 Å². The van der Waals surface area contributed by atoms with Crippen LogP contribution >= 0.6 is 0 Å². The average Bonchev–Trinajstić information content (AvgIpc) is 2.65. The third kappa shape index (κ3) is 4.35. The zero-order valence-corrected chi connectivity index (χ0v) is 10.4. The van der Waals surface area contributed by atoms with E-state index < -0.39 is 0 Å². The summed E-state index contributed by atoms with van der Waals surface area (Å²) in [6, 6.07) is 0.813. The van der Waals surface area contributed by atoms with Gasteiger partial charge in [-0.2, -0.15) is 0 Å². The lowest BCUT2D eigenvalue weighted by Crippen LogP contribution is -2.33. The fourth-order valence-corrected chi connectivity index (χ4v) is 2.35. The third-order valence-corrected chi connectivity index (χ3v) is 3.20. The Kier molecular flexibility index (Phi) is 5.96. The summed E-state index contributed by atoms with van der Waals surface area (Å²) < 4.78 is 0. The van der Waals surface area contributed by atoms with Gasteiger partial charge in [0.1, 0.15) is 0 Å². The molecule has 0 aliphatic carbocycles. The van der Waals surface area contributed by atoms with Crippen LogP contribution in [0.4, 0.5) is 0 Å². The first-order chi connectivity index (χ1) is 7.27. The molecule has 0 aromatic heterocycles. The second-order valence-corrected chi connectivity index (χ2v) is 4.60. The molecule has 0 spiro atoms. The fraction of sp³-hybridized carbons (Fsp3) is 0.846. The Bertz CT molecular complexity index is 189. The topological polar surface area (TPSA) is 15.3 Å². The number of rotatable bonds is 7. The van der Waals surface area contributed by atoms with Crippen LogP contribution in [0.15, 0.2) is 12.2 Å². The molecule has 0 bridgehead atoms. The van der Waals surface area contributed by atoms with Crippen molar-refractivity contribution in [1.82, 2.24) is 10.2 Å². The number of nitrogens with one attached hydrogen (secondary N) is 1. The Balaban J connectivity index is 2.19. The summed E-state index contributed by atoms with van der Waals surface area (Å²) in [7, 11) is 0. The summed E-state index contributed by atoms with van der Waals surface area (Å²) in [6.45, 7) is 13.1. The monoisotopic (exact) mass is 210 g/mol. The number of hydrogen-bond donors (Lipinski definition) is 1. The van der Waals surface area contributed by atoms with Crippen molar-refractivity contribution in [1.29, 1.82) is 0 Å². The molecular formula is C13H26N2. The van der Waals surface area contributed by atoms with Gasteiger partial charge in [0.25, 0.3) is 0 Å². The smallest absolute Gasteiger partial charge is 0.0205 e. The SMILES string of the molecule is C=C(CNCCC)CN1CCCC1CC. The van der Waals surface area contributed by atoms with Gasteiger partial charge in [-0.25, -0.2) is 0 Å². The molecule has 1 atom stereocenters. The van der Waals surface area contributed by atoms with E-state index in [0.717, 1.165) is 25.7 Å². The second kappa shape index (κ2) is 7.02. The number of nitrogens with zero attached hydrogens (tertiary/aromatic N) is 1. The van der Waals surface area contributed by atoms with E-state index in [2.05, 4.69) is 30.6 Å². The average molecular weight is 210 g/mol. The Labute approximate surface area is 94.7 Å². The Morgan fingerprint density at radius 2 is 2.27 bits per heavy atom. The predicted octanol–water partition coefficient (Wildman–Crippen LogP) is 2.42. The first kappa shape index (κ1) is 12.7. The van der Waals surface area contributed by atoms with Crippen molar-refractivity contribution >= 4 is 0 Å². The fourth-order valence-electron chi connectivity index (χ4n) is 2.35. The molecule has 0 radical (unpaired) electrons. The van der Waals surface area contributed by atoms with Gasteiger partial charge >= 0.3 is 0 Å². The molecule has 0 aromatic rings. The Morgan fingerprint density at radius 3 is 2.93 bits per heavy atom. The molecule has 1 rings (SSSR count). The maximum Gasteiger partial charge on any atom is 0.0205 e. The van der Waals surface area contributed by atoms with Crippen molar-refractivity contribution < 1.29 is 0 Å². The molecule has 1 unspecified atom stereocenters. The Hall–Kier alpha value is -0.340. The molecule has 1 aliphatic rings. The van der Waals surface area contributed by atoms with Crippen LogP contribution in [0.1, 0.15) is 39.5 Å². The highest BCUT2D eigenvalue weighted by Crippen LogP contribution is 2.20. The van der Waals surface area contributed by atoms with Gasteiger partial charge in [-0.15, -0.1) is 0 Å². The first-order valence-electron chi connectivity index (χ1n) is 6.39. The Morgan fingerprint density at radius 1 is 1.47 bits per heavy atom. The summed E-state index contributed by atoms with van der Waals surface area (Å²) in [5, 5.41) is 3.42. The van der Waals surface area contributed by atoms with Crippen LogP contribution in [0, 0.1) is 0 Å². The normalized spacial score (nSPS) is 22.1. The second-order valence-electron chi connectivity index (χ2n) is 4.60. The summed E-state index contributed by atoms with van der Waals surface area (Å²) in [5.41, 5.74) is 1.34. The van der Waals surface area contributed by atoms with Crippen molar-refractivity contribution in [3.05, 3.63) is 12.2 Å². The highest BCUT2D eigenvalue weighted by atomic mass is 15.2.